The molecule has 0 unspecified atom stereocenters. The van der Waals surface area contributed by atoms with Gasteiger partial charge in [0.05, 0.1) is 6.07 Å². The van der Waals surface area contributed by atoms with Gasteiger partial charge < -0.3 is 16.0 Å². The molecule has 0 saturated carbocycles. The minimum Gasteiger partial charge on any atom is -0.311 e. The van der Waals surface area contributed by atoms with Gasteiger partial charge in [0.1, 0.15) is 11.5 Å². The van der Waals surface area contributed by atoms with Gasteiger partial charge in [-0.3, -0.25) is 24.6 Å². The van der Waals surface area contributed by atoms with E-state index in [1.54, 1.807) is 0 Å². The van der Waals surface area contributed by atoms with Gasteiger partial charge in [0.25, 0.3) is 5.91 Å². The van der Waals surface area contributed by atoms with E-state index >= 15 is 0 Å². The van der Waals surface area contributed by atoms with Gasteiger partial charge in [-0.25, -0.2) is 15.2 Å². The maximum absolute atomic E-state index is 12.3. The summed E-state index contributed by atoms with van der Waals surface area (Å²) in [4.78, 5) is 46.5. The lowest BCUT2D eigenvalue weighted by molar-refractivity contribution is -0.432. The van der Waals surface area contributed by atoms with Crippen LogP contribution in [0.3, 0.4) is 0 Å². The first-order valence-electron chi connectivity index (χ1n) is 8.19. The summed E-state index contributed by atoms with van der Waals surface area (Å²) in [5, 5.41) is 28.0. The minimum absolute atomic E-state index is 0.0341. The van der Waals surface area contributed by atoms with Gasteiger partial charge >= 0.3 is 11.7 Å². The average molecular weight is 401 g/mol. The molecule has 3 aromatic rings. The summed E-state index contributed by atoms with van der Waals surface area (Å²) in [6, 6.07) is 4.16. The molecule has 0 aliphatic rings. The first kappa shape index (κ1) is 19.3. The zero-order valence-electron chi connectivity index (χ0n) is 15.3. The summed E-state index contributed by atoms with van der Waals surface area (Å²) in [5.41, 5.74) is -0.0111. The van der Waals surface area contributed by atoms with Crippen molar-refractivity contribution in [1.29, 1.82) is 0 Å². The standard InChI is InChI=1S/C15H16N10O4/c1-6(26)16-10-4-12(24-22-10)18-14(28)8-3-9(21-20-8)15(29)19-13-5-11(23-25-13)17-7(2)27/h3-5H,1-2H3,(H,20,21)(H3,16,18,22,24,26,28)(H3,17,19,23,25,27,29)/p+1. The highest BCUT2D eigenvalue weighted by molar-refractivity contribution is 6.06. The molecule has 14 heteroatoms. The van der Waals surface area contributed by atoms with Crippen molar-refractivity contribution in [3.8, 4) is 0 Å². The Labute approximate surface area is 162 Å². The van der Waals surface area contributed by atoms with E-state index < -0.39 is 11.8 Å². The Balaban J connectivity index is 1.60. The number of nitrogens with zero attached hydrogens (tertiary/aromatic N) is 2. The molecule has 14 nitrogen and oxygen atoms in total. The fourth-order valence-corrected chi connectivity index (χ4v) is 2.24. The molecule has 29 heavy (non-hydrogen) atoms. The van der Waals surface area contributed by atoms with E-state index in [-0.39, 0.29) is 29.0 Å². The zero-order valence-corrected chi connectivity index (χ0v) is 15.3. The SMILES string of the molecule is CC(=O)Nc1cc(NC(=O)c2cc(C(=O)Nc3cc(NC(C)=O)[nH][nH+]3)[nH]n2)n[nH]1. The summed E-state index contributed by atoms with van der Waals surface area (Å²) < 4.78 is 0. The van der Waals surface area contributed by atoms with E-state index in [4.69, 9.17) is 0 Å². The van der Waals surface area contributed by atoms with E-state index in [0.717, 1.165) is 0 Å². The Morgan fingerprint density at radius 2 is 1.55 bits per heavy atom. The van der Waals surface area contributed by atoms with Gasteiger partial charge in [0.2, 0.25) is 11.8 Å². The summed E-state index contributed by atoms with van der Waals surface area (Å²) in [7, 11) is 0. The smallest absolute Gasteiger partial charge is 0.311 e. The van der Waals surface area contributed by atoms with Gasteiger partial charge in [-0.15, -0.1) is 0 Å². The zero-order chi connectivity index (χ0) is 21.0. The molecule has 3 rings (SSSR count). The number of aromatic nitrogens is 6. The summed E-state index contributed by atoms with van der Waals surface area (Å²) in [6.07, 6.45) is 0. The van der Waals surface area contributed by atoms with Crippen LogP contribution in [0.4, 0.5) is 23.3 Å². The molecular formula is C15H17N10O4+. The molecule has 0 aromatic carbocycles. The first-order chi connectivity index (χ1) is 13.8. The number of carbonyl (C=O) groups is 4. The normalized spacial score (nSPS) is 10.3. The number of aromatic amines is 4. The second-order valence-corrected chi connectivity index (χ2v) is 5.83. The molecule has 3 aromatic heterocycles. The maximum Gasteiger partial charge on any atom is 0.357 e. The number of anilines is 4. The lowest BCUT2D eigenvalue weighted by atomic mass is 10.3. The highest BCUT2D eigenvalue weighted by Gasteiger charge is 2.20. The second-order valence-electron chi connectivity index (χ2n) is 5.83. The largest absolute Gasteiger partial charge is 0.357 e. The van der Waals surface area contributed by atoms with Crippen LogP contribution in [0.1, 0.15) is 34.8 Å². The quantitative estimate of drug-likeness (QED) is 0.295. The molecule has 0 saturated heterocycles. The van der Waals surface area contributed by atoms with Crippen LogP contribution in [0.2, 0.25) is 0 Å². The predicted octanol–water partition coefficient (Wildman–Crippen LogP) is -0.304. The van der Waals surface area contributed by atoms with Gasteiger partial charge in [0.15, 0.2) is 17.3 Å². The number of rotatable bonds is 6. The van der Waals surface area contributed by atoms with Crippen LogP contribution >= 0.6 is 0 Å². The Bertz CT molecular complexity index is 996. The lowest BCUT2D eigenvalue weighted by Gasteiger charge is -1.96. The molecule has 0 aliphatic heterocycles. The average Bonchev–Trinajstić information content (AvgIpc) is 3.35. The van der Waals surface area contributed by atoms with E-state index in [9.17, 15) is 19.2 Å². The highest BCUT2D eigenvalue weighted by atomic mass is 16.2. The molecule has 0 aliphatic carbocycles. The van der Waals surface area contributed by atoms with Crippen LogP contribution in [-0.2, 0) is 9.59 Å². The highest BCUT2D eigenvalue weighted by Crippen LogP contribution is 2.12. The summed E-state index contributed by atoms with van der Waals surface area (Å²) >= 11 is 0. The minimum atomic E-state index is -0.609. The molecule has 150 valence electrons. The molecule has 0 radical (unpaired) electrons. The van der Waals surface area contributed by atoms with Gasteiger partial charge in [0, 0.05) is 26.0 Å². The molecule has 3 heterocycles. The van der Waals surface area contributed by atoms with E-state index in [1.807, 2.05) is 0 Å². The van der Waals surface area contributed by atoms with E-state index in [0.29, 0.717) is 17.5 Å². The lowest BCUT2D eigenvalue weighted by Crippen LogP contribution is -2.18. The van der Waals surface area contributed by atoms with Crippen molar-refractivity contribution in [2.45, 2.75) is 13.8 Å². The van der Waals surface area contributed by atoms with Crippen molar-refractivity contribution in [2.75, 3.05) is 21.3 Å². The van der Waals surface area contributed by atoms with Crippen molar-refractivity contribution >= 4 is 46.9 Å². The van der Waals surface area contributed by atoms with Crippen molar-refractivity contribution in [3.63, 3.8) is 0 Å². The van der Waals surface area contributed by atoms with Crippen molar-refractivity contribution < 1.29 is 24.3 Å². The fourth-order valence-electron chi connectivity index (χ4n) is 2.24. The van der Waals surface area contributed by atoms with Crippen molar-refractivity contribution in [3.05, 3.63) is 29.6 Å². The van der Waals surface area contributed by atoms with Crippen LogP contribution < -0.4 is 26.4 Å². The van der Waals surface area contributed by atoms with Crippen molar-refractivity contribution in [2.24, 2.45) is 0 Å². The molecule has 0 atom stereocenters. The first-order valence-corrected chi connectivity index (χ1v) is 8.19. The maximum atomic E-state index is 12.3. The summed E-state index contributed by atoms with van der Waals surface area (Å²) in [6.45, 7) is 2.68. The monoisotopic (exact) mass is 401 g/mol. The van der Waals surface area contributed by atoms with Crippen molar-refractivity contribution in [1.82, 2.24) is 25.5 Å². The molecular weight excluding hydrogens is 384 g/mol. The molecule has 0 spiro atoms. The Kier molecular flexibility index (Phi) is 5.34. The molecule has 0 bridgehead atoms. The number of carbonyl (C=O) groups excluding carboxylic acids is 4. The Hall–Kier alpha value is -4.49. The van der Waals surface area contributed by atoms with Crippen LogP contribution in [0.15, 0.2) is 18.2 Å². The topological polar surface area (TPSA) is 204 Å². The van der Waals surface area contributed by atoms with Crippen LogP contribution in [0.5, 0.6) is 0 Å². The fraction of sp³-hybridized carbons (Fsp3) is 0.133. The molecule has 0 fully saturated rings. The number of nitrogens with one attached hydrogen (secondary N) is 8. The van der Waals surface area contributed by atoms with Gasteiger partial charge in [-0.1, -0.05) is 0 Å². The number of hydrogen-bond donors (Lipinski definition) is 7. The number of amides is 4. The third kappa shape index (κ3) is 5.03. The van der Waals surface area contributed by atoms with Crippen LogP contribution in [0.25, 0.3) is 0 Å². The second kappa shape index (κ2) is 8.03. The van der Waals surface area contributed by atoms with E-state index in [2.05, 4.69) is 51.9 Å². The third-order valence-electron chi connectivity index (χ3n) is 3.36. The Morgan fingerprint density at radius 3 is 2.28 bits per heavy atom. The Morgan fingerprint density at radius 1 is 0.828 bits per heavy atom. The van der Waals surface area contributed by atoms with Crippen LogP contribution in [0, 0.1) is 0 Å². The van der Waals surface area contributed by atoms with Gasteiger partial charge in [-0.2, -0.15) is 15.3 Å². The summed E-state index contributed by atoms with van der Waals surface area (Å²) in [5.74, 6) is -0.592. The van der Waals surface area contributed by atoms with Gasteiger partial charge in [-0.05, 0) is 0 Å². The third-order valence-corrected chi connectivity index (χ3v) is 3.36. The van der Waals surface area contributed by atoms with Crippen LogP contribution in [-0.4, -0.2) is 49.1 Å². The molecule has 4 amide bonds. The predicted molar refractivity (Wildman–Crippen MR) is 99.0 cm³/mol. The van der Waals surface area contributed by atoms with E-state index in [1.165, 1.54) is 32.0 Å². The number of H-pyrrole nitrogens is 4. The molecule has 8 N–H and O–H groups in total. The number of hydrogen-bond acceptors (Lipinski definition) is 6.